The van der Waals surface area contributed by atoms with Crippen LogP contribution in [0.15, 0.2) is 23.1 Å². The number of halogens is 1. The Morgan fingerprint density at radius 3 is 2.62 bits per heavy atom. The molecule has 1 unspecified atom stereocenters. The Bertz CT molecular complexity index is 532. The largest absolute Gasteiger partial charge is 0.224 e. The molecule has 16 heavy (non-hydrogen) atoms. The summed E-state index contributed by atoms with van der Waals surface area (Å²) in [6, 6.07) is 4.08. The number of rotatable bonds is 1. The summed E-state index contributed by atoms with van der Waals surface area (Å²) in [5.41, 5.74) is 0.716. The molecule has 0 aromatic heterocycles. The molecule has 1 atom stereocenters. The monoisotopic (exact) mass is 240 g/mol. The van der Waals surface area contributed by atoms with Crippen molar-refractivity contribution in [2.24, 2.45) is 5.92 Å². The minimum absolute atomic E-state index is 0.215. The molecule has 0 spiro atoms. The summed E-state index contributed by atoms with van der Waals surface area (Å²) in [6.07, 6.45) is 2.96. The second-order valence-corrected chi connectivity index (χ2v) is 6.81. The van der Waals surface area contributed by atoms with E-state index in [-0.39, 0.29) is 17.5 Å². The molecule has 0 saturated heterocycles. The molecule has 1 aliphatic carbocycles. The van der Waals surface area contributed by atoms with Crippen molar-refractivity contribution >= 4 is 9.84 Å². The molecule has 1 fully saturated rings. The van der Waals surface area contributed by atoms with Crippen molar-refractivity contribution in [3.63, 3.8) is 0 Å². The van der Waals surface area contributed by atoms with Gasteiger partial charge in [-0.1, -0.05) is 0 Å². The summed E-state index contributed by atoms with van der Waals surface area (Å²) < 4.78 is 36.9. The molecule has 0 amide bonds. The van der Waals surface area contributed by atoms with Gasteiger partial charge in [-0.2, -0.15) is 0 Å². The molecular formula is C12H13FO2S. The van der Waals surface area contributed by atoms with Crippen LogP contribution in [-0.4, -0.2) is 14.2 Å². The lowest BCUT2D eigenvalue weighted by molar-refractivity contribution is 0.528. The zero-order valence-electron chi connectivity index (χ0n) is 8.82. The van der Waals surface area contributed by atoms with Crippen LogP contribution in [0.2, 0.25) is 0 Å². The summed E-state index contributed by atoms with van der Waals surface area (Å²) >= 11 is 0. The number of fused-ring (bicyclic) bond motifs is 1. The quantitative estimate of drug-likeness (QED) is 0.707. The zero-order valence-corrected chi connectivity index (χ0v) is 9.63. The van der Waals surface area contributed by atoms with Gasteiger partial charge in [0.05, 0.1) is 10.6 Å². The van der Waals surface area contributed by atoms with Crippen LogP contribution in [-0.2, 0) is 9.84 Å². The summed E-state index contributed by atoms with van der Waals surface area (Å²) in [5, 5.41) is 0. The molecule has 2 nitrogen and oxygen atoms in total. The van der Waals surface area contributed by atoms with Crippen molar-refractivity contribution < 1.29 is 12.8 Å². The van der Waals surface area contributed by atoms with Gasteiger partial charge >= 0.3 is 0 Å². The van der Waals surface area contributed by atoms with Gasteiger partial charge < -0.3 is 0 Å². The first-order valence-corrected chi connectivity index (χ1v) is 7.25. The maximum atomic E-state index is 13.2. The Labute approximate surface area is 94.4 Å². The topological polar surface area (TPSA) is 34.1 Å². The lowest BCUT2D eigenvalue weighted by Crippen LogP contribution is -2.21. The Kier molecular flexibility index (Phi) is 2.11. The van der Waals surface area contributed by atoms with Gasteiger partial charge in [-0.15, -0.1) is 0 Å². The molecule has 0 radical (unpaired) electrons. The molecule has 4 heteroatoms. The average molecular weight is 240 g/mol. The summed E-state index contributed by atoms with van der Waals surface area (Å²) in [7, 11) is -3.16. The van der Waals surface area contributed by atoms with E-state index in [4.69, 9.17) is 0 Å². The fourth-order valence-electron chi connectivity index (χ4n) is 2.63. The van der Waals surface area contributed by atoms with Crippen LogP contribution in [0.3, 0.4) is 0 Å². The highest BCUT2D eigenvalue weighted by Gasteiger charge is 2.39. The second-order valence-electron chi connectivity index (χ2n) is 4.73. The van der Waals surface area contributed by atoms with E-state index >= 15 is 0 Å². The molecule has 3 rings (SSSR count). The third kappa shape index (κ3) is 1.56. The fourth-order valence-corrected chi connectivity index (χ4v) is 4.26. The van der Waals surface area contributed by atoms with Gasteiger partial charge in [0, 0.05) is 0 Å². The van der Waals surface area contributed by atoms with E-state index in [0.717, 1.165) is 12.8 Å². The highest BCUT2D eigenvalue weighted by molar-refractivity contribution is 7.91. The third-order valence-corrected chi connectivity index (χ3v) is 5.41. The van der Waals surface area contributed by atoms with Crippen LogP contribution in [0.1, 0.15) is 30.7 Å². The molecule has 86 valence electrons. The van der Waals surface area contributed by atoms with Gasteiger partial charge in [-0.05, 0) is 54.9 Å². The maximum absolute atomic E-state index is 13.2. The molecule has 0 N–H and O–H groups in total. The molecule has 1 aromatic carbocycles. The Morgan fingerprint density at radius 1 is 1.19 bits per heavy atom. The van der Waals surface area contributed by atoms with E-state index in [2.05, 4.69) is 0 Å². The fraction of sp³-hybridized carbons (Fsp3) is 0.500. The van der Waals surface area contributed by atoms with Crippen molar-refractivity contribution in [2.75, 3.05) is 5.75 Å². The minimum Gasteiger partial charge on any atom is -0.224 e. The van der Waals surface area contributed by atoms with Gasteiger partial charge in [-0.25, -0.2) is 12.8 Å². The first-order chi connectivity index (χ1) is 7.58. The normalized spacial score (nSPS) is 27.4. The number of sulfone groups is 1. The van der Waals surface area contributed by atoms with Gasteiger partial charge in [0.2, 0.25) is 0 Å². The molecule has 1 saturated carbocycles. The maximum Gasteiger partial charge on any atom is 0.178 e. The second kappa shape index (κ2) is 3.29. The minimum atomic E-state index is -3.16. The van der Waals surface area contributed by atoms with Gasteiger partial charge in [0.1, 0.15) is 5.82 Å². The zero-order chi connectivity index (χ0) is 11.3. The van der Waals surface area contributed by atoms with Crippen LogP contribution in [0.4, 0.5) is 4.39 Å². The number of benzene rings is 1. The van der Waals surface area contributed by atoms with Gasteiger partial charge in [-0.3, -0.25) is 0 Å². The van der Waals surface area contributed by atoms with Crippen molar-refractivity contribution in [1.29, 1.82) is 0 Å². The van der Waals surface area contributed by atoms with E-state index in [1.165, 1.54) is 18.2 Å². The van der Waals surface area contributed by atoms with E-state index in [9.17, 15) is 12.8 Å². The highest BCUT2D eigenvalue weighted by atomic mass is 32.2. The van der Waals surface area contributed by atoms with Crippen LogP contribution in [0.5, 0.6) is 0 Å². The van der Waals surface area contributed by atoms with Crippen LogP contribution < -0.4 is 0 Å². The van der Waals surface area contributed by atoms with Gasteiger partial charge in [0.25, 0.3) is 0 Å². The summed E-state index contributed by atoms with van der Waals surface area (Å²) in [4.78, 5) is 0.358. The summed E-state index contributed by atoms with van der Waals surface area (Å²) in [5.74, 6) is 0.721. The van der Waals surface area contributed by atoms with Crippen LogP contribution in [0, 0.1) is 11.7 Å². The van der Waals surface area contributed by atoms with E-state index in [1.807, 2.05) is 0 Å². The van der Waals surface area contributed by atoms with Crippen molar-refractivity contribution in [2.45, 2.75) is 30.1 Å². The standard InChI is InChI=1S/C12H13FO2S/c13-9-3-4-12-11(7-9)10(8-1-2-8)5-6-16(12,14)15/h3-4,7-8,10H,1-2,5-6H2. The lowest BCUT2D eigenvalue weighted by Gasteiger charge is -2.25. The Hall–Kier alpha value is -0.900. The number of hydrogen-bond donors (Lipinski definition) is 0. The highest BCUT2D eigenvalue weighted by Crippen LogP contribution is 2.48. The smallest absolute Gasteiger partial charge is 0.178 e. The SMILES string of the molecule is O=S1(=O)CCC(C2CC2)c2cc(F)ccc21. The van der Waals surface area contributed by atoms with Gasteiger partial charge in [0.15, 0.2) is 9.84 Å². The van der Waals surface area contributed by atoms with E-state index in [0.29, 0.717) is 22.8 Å². The lowest BCUT2D eigenvalue weighted by atomic mass is 9.91. The Balaban J connectivity index is 2.17. The molecule has 1 aromatic rings. The third-order valence-electron chi connectivity index (χ3n) is 3.59. The molecule has 1 aliphatic heterocycles. The molecule has 0 bridgehead atoms. The van der Waals surface area contributed by atoms with E-state index < -0.39 is 9.84 Å². The van der Waals surface area contributed by atoms with Crippen LogP contribution in [0.25, 0.3) is 0 Å². The average Bonchev–Trinajstić information content (AvgIpc) is 3.01. The van der Waals surface area contributed by atoms with Crippen molar-refractivity contribution in [3.05, 3.63) is 29.6 Å². The van der Waals surface area contributed by atoms with E-state index in [1.54, 1.807) is 0 Å². The number of hydrogen-bond acceptors (Lipinski definition) is 2. The van der Waals surface area contributed by atoms with Crippen molar-refractivity contribution in [3.8, 4) is 0 Å². The van der Waals surface area contributed by atoms with Crippen LogP contribution >= 0.6 is 0 Å². The van der Waals surface area contributed by atoms with Crippen molar-refractivity contribution in [1.82, 2.24) is 0 Å². The Morgan fingerprint density at radius 2 is 1.94 bits per heavy atom. The molecule has 1 heterocycles. The predicted octanol–water partition coefficient (Wildman–Crippen LogP) is 2.50. The molecule has 2 aliphatic rings. The first-order valence-electron chi connectivity index (χ1n) is 5.60. The molecular weight excluding hydrogens is 227 g/mol. The summed E-state index contributed by atoms with van der Waals surface area (Å²) in [6.45, 7) is 0. The first kappa shape index (κ1) is 10.3. The predicted molar refractivity (Wildman–Crippen MR) is 58.5 cm³/mol.